The molecule has 102 valence electrons. The Labute approximate surface area is 123 Å². The van der Waals surface area contributed by atoms with Crippen LogP contribution in [0.5, 0.6) is 5.75 Å². The highest BCUT2D eigenvalue weighted by molar-refractivity contribution is 5.89. The van der Waals surface area contributed by atoms with Crippen LogP contribution in [0, 0.1) is 0 Å². The summed E-state index contributed by atoms with van der Waals surface area (Å²) in [5, 5.41) is 10.4. The van der Waals surface area contributed by atoms with Gasteiger partial charge >= 0.3 is 0 Å². The van der Waals surface area contributed by atoms with Crippen molar-refractivity contribution in [2.45, 2.75) is 0 Å². The van der Waals surface area contributed by atoms with E-state index in [1.54, 1.807) is 18.6 Å². The monoisotopic (exact) mass is 274 g/mol. The van der Waals surface area contributed by atoms with Gasteiger partial charge in [0.15, 0.2) is 0 Å². The first kappa shape index (κ1) is 13.1. The van der Waals surface area contributed by atoms with Crippen LogP contribution in [-0.2, 0) is 0 Å². The molecule has 0 spiro atoms. The first-order valence-electron chi connectivity index (χ1n) is 6.66. The van der Waals surface area contributed by atoms with Gasteiger partial charge in [0.25, 0.3) is 0 Å². The molecule has 1 heterocycles. The summed E-state index contributed by atoms with van der Waals surface area (Å²) in [4.78, 5) is 8.37. The summed E-state index contributed by atoms with van der Waals surface area (Å²) in [6.07, 6.45) is 5.09. The third-order valence-corrected chi connectivity index (χ3v) is 3.17. The molecule has 0 aliphatic carbocycles. The van der Waals surface area contributed by atoms with Crippen molar-refractivity contribution in [2.24, 2.45) is 4.99 Å². The van der Waals surface area contributed by atoms with Gasteiger partial charge in [-0.15, -0.1) is 0 Å². The molecule has 0 saturated carbocycles. The molecule has 3 nitrogen and oxygen atoms in total. The van der Waals surface area contributed by atoms with Crippen LogP contribution in [-0.4, -0.2) is 16.3 Å². The van der Waals surface area contributed by atoms with Crippen LogP contribution >= 0.6 is 0 Å². The van der Waals surface area contributed by atoms with Crippen molar-refractivity contribution in [3.8, 4) is 16.9 Å². The van der Waals surface area contributed by atoms with Crippen molar-refractivity contribution in [3.63, 3.8) is 0 Å². The van der Waals surface area contributed by atoms with Gasteiger partial charge in [0.2, 0.25) is 0 Å². The van der Waals surface area contributed by atoms with Crippen LogP contribution in [0.4, 0.5) is 5.69 Å². The number of pyridine rings is 1. The van der Waals surface area contributed by atoms with Crippen LogP contribution in [0.3, 0.4) is 0 Å². The highest BCUT2D eigenvalue weighted by Gasteiger charge is 2.07. The second-order valence-electron chi connectivity index (χ2n) is 4.57. The van der Waals surface area contributed by atoms with E-state index in [4.69, 9.17) is 0 Å². The zero-order chi connectivity index (χ0) is 14.5. The summed E-state index contributed by atoms with van der Waals surface area (Å²) >= 11 is 0. The smallest absolute Gasteiger partial charge is 0.132 e. The first-order valence-corrected chi connectivity index (χ1v) is 6.66. The molecular formula is C18H14N2O. The lowest BCUT2D eigenvalue weighted by molar-refractivity contribution is 0.476. The number of hydrogen-bond donors (Lipinski definition) is 1. The largest absolute Gasteiger partial charge is 0.507 e. The van der Waals surface area contributed by atoms with Crippen LogP contribution in [0.2, 0.25) is 0 Å². The standard InChI is InChI=1S/C18H14N2O/c21-18-15(13-20-16-6-2-1-3-7-16)5-4-8-17(18)14-9-11-19-12-10-14/h1-13,21H. The SMILES string of the molecule is Oc1c(C=Nc2ccccc2)cccc1-c1ccncc1. The van der Waals surface area contributed by atoms with Crippen molar-refractivity contribution in [3.05, 3.63) is 78.6 Å². The van der Waals surface area contributed by atoms with Crippen molar-refractivity contribution in [1.82, 2.24) is 4.98 Å². The number of aliphatic imine (C=N–C) groups is 1. The Hall–Kier alpha value is -2.94. The van der Waals surface area contributed by atoms with E-state index in [0.717, 1.165) is 16.8 Å². The van der Waals surface area contributed by atoms with E-state index in [1.165, 1.54) is 0 Å². The van der Waals surface area contributed by atoms with Crippen molar-refractivity contribution < 1.29 is 5.11 Å². The van der Waals surface area contributed by atoms with E-state index in [0.29, 0.717) is 5.56 Å². The van der Waals surface area contributed by atoms with Gasteiger partial charge in [0.05, 0.1) is 5.69 Å². The fourth-order valence-corrected chi connectivity index (χ4v) is 2.09. The number of aromatic hydroxyl groups is 1. The number of aromatic nitrogens is 1. The molecule has 3 rings (SSSR count). The molecular weight excluding hydrogens is 260 g/mol. The predicted octanol–water partition coefficient (Wildman–Crippen LogP) is 4.20. The van der Waals surface area contributed by atoms with E-state index in [-0.39, 0.29) is 5.75 Å². The Balaban J connectivity index is 1.96. The molecule has 0 radical (unpaired) electrons. The maximum atomic E-state index is 10.4. The molecule has 2 aromatic carbocycles. The average Bonchev–Trinajstić information content (AvgIpc) is 2.56. The van der Waals surface area contributed by atoms with Crippen LogP contribution in [0.25, 0.3) is 11.1 Å². The van der Waals surface area contributed by atoms with Gasteiger partial charge in [-0.25, -0.2) is 0 Å². The molecule has 21 heavy (non-hydrogen) atoms. The fourth-order valence-electron chi connectivity index (χ4n) is 2.09. The van der Waals surface area contributed by atoms with Gasteiger partial charge < -0.3 is 5.11 Å². The van der Waals surface area contributed by atoms with Gasteiger partial charge in [0.1, 0.15) is 5.75 Å². The maximum absolute atomic E-state index is 10.4. The average molecular weight is 274 g/mol. The minimum atomic E-state index is 0.225. The molecule has 3 aromatic rings. The Kier molecular flexibility index (Phi) is 3.74. The summed E-state index contributed by atoms with van der Waals surface area (Å²) in [5.41, 5.74) is 3.24. The Morgan fingerprint density at radius 3 is 2.38 bits per heavy atom. The van der Waals surface area contributed by atoms with Crippen molar-refractivity contribution in [1.29, 1.82) is 0 Å². The molecule has 1 N–H and O–H groups in total. The summed E-state index contributed by atoms with van der Waals surface area (Å²) < 4.78 is 0. The van der Waals surface area contributed by atoms with Gasteiger partial charge in [-0.1, -0.05) is 30.3 Å². The van der Waals surface area contributed by atoms with Crippen LogP contribution in [0.15, 0.2) is 78.0 Å². The summed E-state index contributed by atoms with van der Waals surface area (Å²) in [7, 11) is 0. The highest BCUT2D eigenvalue weighted by Crippen LogP contribution is 2.31. The minimum absolute atomic E-state index is 0.225. The summed E-state index contributed by atoms with van der Waals surface area (Å²) in [6.45, 7) is 0. The Morgan fingerprint density at radius 1 is 0.857 bits per heavy atom. The number of nitrogens with zero attached hydrogens (tertiary/aromatic N) is 2. The second-order valence-corrected chi connectivity index (χ2v) is 4.57. The van der Waals surface area contributed by atoms with Gasteiger partial charge in [-0.3, -0.25) is 9.98 Å². The zero-order valence-electron chi connectivity index (χ0n) is 11.3. The Bertz CT molecular complexity index is 753. The summed E-state index contributed by atoms with van der Waals surface area (Å²) in [6, 6.07) is 19.0. The van der Waals surface area contributed by atoms with Gasteiger partial charge in [-0.05, 0) is 35.9 Å². The number of rotatable bonds is 3. The number of hydrogen-bond acceptors (Lipinski definition) is 3. The van der Waals surface area contributed by atoms with E-state index in [1.807, 2.05) is 60.7 Å². The molecule has 0 amide bonds. The molecule has 0 bridgehead atoms. The number of para-hydroxylation sites is 2. The van der Waals surface area contributed by atoms with Gasteiger partial charge in [0, 0.05) is 29.7 Å². The lowest BCUT2D eigenvalue weighted by Crippen LogP contribution is -1.86. The van der Waals surface area contributed by atoms with Crippen molar-refractivity contribution >= 4 is 11.9 Å². The highest BCUT2D eigenvalue weighted by atomic mass is 16.3. The quantitative estimate of drug-likeness (QED) is 0.727. The third-order valence-electron chi connectivity index (χ3n) is 3.17. The van der Waals surface area contributed by atoms with Crippen LogP contribution < -0.4 is 0 Å². The molecule has 0 aliphatic rings. The number of phenolic OH excluding ortho intramolecular Hbond substituents is 1. The van der Waals surface area contributed by atoms with Crippen molar-refractivity contribution in [2.75, 3.05) is 0 Å². The molecule has 1 aromatic heterocycles. The first-order chi connectivity index (χ1) is 10.3. The van der Waals surface area contributed by atoms with Gasteiger partial charge in [-0.2, -0.15) is 0 Å². The number of phenols is 1. The number of benzene rings is 2. The lowest BCUT2D eigenvalue weighted by Gasteiger charge is -2.06. The fraction of sp³-hybridized carbons (Fsp3) is 0. The van der Waals surface area contributed by atoms with E-state index < -0.39 is 0 Å². The molecule has 0 aliphatic heterocycles. The predicted molar refractivity (Wildman–Crippen MR) is 85.0 cm³/mol. The lowest BCUT2D eigenvalue weighted by atomic mass is 10.0. The second kappa shape index (κ2) is 6.01. The van der Waals surface area contributed by atoms with E-state index in [2.05, 4.69) is 9.98 Å². The van der Waals surface area contributed by atoms with E-state index in [9.17, 15) is 5.11 Å². The molecule has 3 heteroatoms. The summed E-state index contributed by atoms with van der Waals surface area (Å²) in [5.74, 6) is 0.225. The topological polar surface area (TPSA) is 45.5 Å². The molecule has 0 saturated heterocycles. The minimum Gasteiger partial charge on any atom is -0.507 e. The van der Waals surface area contributed by atoms with E-state index >= 15 is 0 Å². The normalized spacial score (nSPS) is 10.9. The molecule has 0 fully saturated rings. The molecule has 0 atom stereocenters. The molecule has 0 unspecified atom stereocenters. The third kappa shape index (κ3) is 2.98. The van der Waals surface area contributed by atoms with Crippen LogP contribution in [0.1, 0.15) is 5.56 Å². The maximum Gasteiger partial charge on any atom is 0.132 e. The zero-order valence-corrected chi connectivity index (χ0v) is 11.3. The Morgan fingerprint density at radius 2 is 1.62 bits per heavy atom.